The number of anilines is 1. The first-order valence-electron chi connectivity index (χ1n) is 9.64. The molecule has 0 N–H and O–H groups in total. The molecule has 1 heterocycles. The van der Waals surface area contributed by atoms with Crippen molar-refractivity contribution in [3.05, 3.63) is 53.1 Å². The molecular formula is C23H25NO6. The van der Waals surface area contributed by atoms with Gasteiger partial charge < -0.3 is 19.1 Å². The smallest absolute Gasteiger partial charge is 0.311 e. The van der Waals surface area contributed by atoms with Gasteiger partial charge in [0.25, 0.3) is 0 Å². The number of benzene rings is 2. The maximum absolute atomic E-state index is 12.5. The summed E-state index contributed by atoms with van der Waals surface area (Å²) in [7, 11) is 2.98. The van der Waals surface area contributed by atoms with Gasteiger partial charge in [0.2, 0.25) is 5.91 Å². The number of Topliss-reactive ketones (excluding diaryl/α,β-unsaturated/α-hetero) is 1. The normalized spacial score (nSPS) is 15.8. The Labute approximate surface area is 175 Å². The zero-order chi connectivity index (χ0) is 21.8. The number of hydrogen-bond acceptors (Lipinski definition) is 6. The second-order valence-electron chi connectivity index (χ2n) is 7.23. The van der Waals surface area contributed by atoms with E-state index in [-0.39, 0.29) is 24.7 Å². The molecule has 1 aliphatic rings. The molecule has 1 aliphatic heterocycles. The molecule has 30 heavy (non-hydrogen) atoms. The largest absolute Gasteiger partial charge is 0.493 e. The van der Waals surface area contributed by atoms with Crippen LogP contribution in [0, 0.1) is 19.8 Å². The van der Waals surface area contributed by atoms with E-state index >= 15 is 0 Å². The molecule has 0 aliphatic carbocycles. The van der Waals surface area contributed by atoms with Crippen LogP contribution >= 0.6 is 0 Å². The molecule has 3 rings (SSSR count). The Morgan fingerprint density at radius 3 is 2.50 bits per heavy atom. The highest BCUT2D eigenvalue weighted by Crippen LogP contribution is 2.30. The van der Waals surface area contributed by atoms with Gasteiger partial charge in [-0.1, -0.05) is 12.1 Å². The Hall–Kier alpha value is -3.35. The number of nitrogens with zero attached hydrogens (tertiary/aromatic N) is 1. The van der Waals surface area contributed by atoms with Crippen LogP contribution in [0.25, 0.3) is 0 Å². The molecule has 1 saturated heterocycles. The minimum atomic E-state index is -0.601. The van der Waals surface area contributed by atoms with Crippen LogP contribution in [0.15, 0.2) is 36.4 Å². The zero-order valence-corrected chi connectivity index (χ0v) is 17.6. The third-order valence-electron chi connectivity index (χ3n) is 5.38. The Balaban J connectivity index is 1.62. The van der Waals surface area contributed by atoms with E-state index in [0.29, 0.717) is 17.1 Å². The molecule has 7 nitrogen and oxygen atoms in total. The van der Waals surface area contributed by atoms with Crippen LogP contribution in [0.5, 0.6) is 11.5 Å². The summed E-state index contributed by atoms with van der Waals surface area (Å²) in [4.78, 5) is 39.0. The molecule has 0 saturated carbocycles. The first-order chi connectivity index (χ1) is 14.3. The average Bonchev–Trinajstić information content (AvgIpc) is 3.14. The molecule has 0 spiro atoms. The van der Waals surface area contributed by atoms with Crippen molar-refractivity contribution in [3.63, 3.8) is 0 Å². The third-order valence-corrected chi connectivity index (χ3v) is 5.38. The average molecular weight is 411 g/mol. The van der Waals surface area contributed by atoms with Crippen LogP contribution in [-0.4, -0.2) is 45.0 Å². The Morgan fingerprint density at radius 2 is 1.80 bits per heavy atom. The Morgan fingerprint density at radius 1 is 1.07 bits per heavy atom. The number of carbonyl (C=O) groups is 3. The summed E-state index contributed by atoms with van der Waals surface area (Å²) >= 11 is 0. The fourth-order valence-corrected chi connectivity index (χ4v) is 3.47. The number of amides is 1. The number of rotatable bonds is 7. The summed E-state index contributed by atoms with van der Waals surface area (Å²) in [6.45, 7) is 3.77. The van der Waals surface area contributed by atoms with E-state index in [1.54, 1.807) is 17.0 Å². The monoisotopic (exact) mass is 411 g/mol. The zero-order valence-electron chi connectivity index (χ0n) is 17.6. The molecule has 0 unspecified atom stereocenters. The lowest BCUT2D eigenvalue weighted by molar-refractivity contribution is -0.147. The van der Waals surface area contributed by atoms with Crippen molar-refractivity contribution in [3.8, 4) is 11.5 Å². The first-order valence-corrected chi connectivity index (χ1v) is 9.64. The highest BCUT2D eigenvalue weighted by atomic mass is 16.5. The summed E-state index contributed by atoms with van der Waals surface area (Å²) in [5.41, 5.74) is 3.23. The summed E-state index contributed by atoms with van der Waals surface area (Å²) < 4.78 is 15.6. The maximum Gasteiger partial charge on any atom is 0.311 e. The molecule has 158 valence electrons. The minimum absolute atomic E-state index is 0.0662. The van der Waals surface area contributed by atoms with Gasteiger partial charge in [-0.3, -0.25) is 14.4 Å². The van der Waals surface area contributed by atoms with E-state index in [1.807, 2.05) is 32.0 Å². The molecular weight excluding hydrogens is 386 g/mol. The van der Waals surface area contributed by atoms with Crippen LogP contribution in [-0.2, 0) is 14.3 Å². The number of methoxy groups -OCH3 is 2. The van der Waals surface area contributed by atoms with E-state index in [1.165, 1.54) is 20.3 Å². The lowest BCUT2D eigenvalue weighted by Crippen LogP contribution is -2.27. The SMILES string of the molecule is COc1ccc(C(=O)COC(=O)[C@@H]2CC(=O)N(c3cccc(C)c3C)C2)cc1OC. The highest BCUT2D eigenvalue weighted by molar-refractivity contribution is 6.01. The molecule has 2 aromatic rings. The fourth-order valence-electron chi connectivity index (χ4n) is 3.47. The quantitative estimate of drug-likeness (QED) is 0.514. The molecule has 0 radical (unpaired) electrons. The Kier molecular flexibility index (Phi) is 6.40. The van der Waals surface area contributed by atoms with E-state index in [4.69, 9.17) is 14.2 Å². The first kappa shape index (κ1) is 21.4. The number of hydrogen-bond donors (Lipinski definition) is 0. The Bertz CT molecular complexity index is 984. The molecule has 7 heteroatoms. The van der Waals surface area contributed by atoms with Crippen LogP contribution in [0.3, 0.4) is 0 Å². The van der Waals surface area contributed by atoms with Gasteiger partial charge in [0, 0.05) is 24.2 Å². The summed E-state index contributed by atoms with van der Waals surface area (Å²) in [6.07, 6.45) is 0.0662. The number of ether oxygens (including phenoxy) is 3. The van der Waals surface area contributed by atoms with Gasteiger partial charge in [0.15, 0.2) is 23.9 Å². The predicted molar refractivity (Wildman–Crippen MR) is 111 cm³/mol. The van der Waals surface area contributed by atoms with Crippen LogP contribution < -0.4 is 14.4 Å². The van der Waals surface area contributed by atoms with Gasteiger partial charge in [0.05, 0.1) is 20.1 Å². The fraction of sp³-hybridized carbons (Fsp3) is 0.348. The number of aryl methyl sites for hydroxylation is 1. The molecule has 1 amide bonds. The summed E-state index contributed by atoms with van der Waals surface area (Å²) in [6, 6.07) is 10.5. The van der Waals surface area contributed by atoms with Crippen molar-refractivity contribution < 1.29 is 28.6 Å². The van der Waals surface area contributed by atoms with Gasteiger partial charge in [0.1, 0.15) is 0 Å². The van der Waals surface area contributed by atoms with Crippen molar-refractivity contribution in [2.24, 2.45) is 5.92 Å². The van der Waals surface area contributed by atoms with Crippen molar-refractivity contribution in [1.82, 2.24) is 0 Å². The van der Waals surface area contributed by atoms with Gasteiger partial charge in [-0.15, -0.1) is 0 Å². The van der Waals surface area contributed by atoms with Gasteiger partial charge in [-0.25, -0.2) is 0 Å². The number of ketones is 1. The van der Waals surface area contributed by atoms with Crippen LogP contribution in [0.2, 0.25) is 0 Å². The van der Waals surface area contributed by atoms with E-state index < -0.39 is 18.5 Å². The molecule has 0 bridgehead atoms. The molecule has 0 aromatic heterocycles. The lowest BCUT2D eigenvalue weighted by atomic mass is 10.1. The summed E-state index contributed by atoms with van der Waals surface area (Å²) in [5, 5.41) is 0. The number of carbonyl (C=O) groups excluding carboxylic acids is 3. The van der Waals surface area contributed by atoms with Crippen molar-refractivity contribution in [2.45, 2.75) is 20.3 Å². The van der Waals surface area contributed by atoms with Crippen molar-refractivity contribution >= 4 is 23.3 Å². The number of esters is 1. The third kappa shape index (κ3) is 4.30. The standard InChI is InChI=1S/C23H25NO6/c1-14-6-5-7-18(15(14)2)24-12-17(11-22(24)26)23(27)30-13-19(25)16-8-9-20(28-3)21(10-16)29-4/h5-10,17H,11-13H2,1-4H3/t17-/m1/s1. The van der Waals surface area contributed by atoms with Gasteiger partial charge in [-0.2, -0.15) is 0 Å². The van der Waals surface area contributed by atoms with E-state index in [0.717, 1.165) is 16.8 Å². The van der Waals surface area contributed by atoms with Gasteiger partial charge >= 0.3 is 5.97 Å². The highest BCUT2D eigenvalue weighted by Gasteiger charge is 2.37. The van der Waals surface area contributed by atoms with Crippen molar-refractivity contribution in [1.29, 1.82) is 0 Å². The molecule has 1 fully saturated rings. The van der Waals surface area contributed by atoms with Crippen molar-refractivity contribution in [2.75, 3.05) is 32.3 Å². The summed E-state index contributed by atoms with van der Waals surface area (Å²) in [5.74, 6) is -0.722. The topological polar surface area (TPSA) is 82.1 Å². The van der Waals surface area contributed by atoms with E-state index in [2.05, 4.69) is 0 Å². The van der Waals surface area contributed by atoms with Crippen LogP contribution in [0.4, 0.5) is 5.69 Å². The molecule has 2 aromatic carbocycles. The van der Waals surface area contributed by atoms with Crippen LogP contribution in [0.1, 0.15) is 27.9 Å². The van der Waals surface area contributed by atoms with E-state index in [9.17, 15) is 14.4 Å². The van der Waals surface area contributed by atoms with Gasteiger partial charge in [-0.05, 0) is 49.2 Å². The predicted octanol–water partition coefficient (Wildman–Crippen LogP) is 3.10. The second-order valence-corrected chi connectivity index (χ2v) is 7.23. The second kappa shape index (κ2) is 8.98. The maximum atomic E-state index is 12.5. The lowest BCUT2D eigenvalue weighted by Gasteiger charge is -2.20. The molecule has 1 atom stereocenters. The minimum Gasteiger partial charge on any atom is -0.493 e.